The van der Waals surface area contributed by atoms with E-state index >= 15 is 4.39 Å². The number of anilines is 2. The third kappa shape index (κ3) is 5.48. The van der Waals surface area contributed by atoms with Gasteiger partial charge in [0.25, 0.3) is 5.88 Å². The number of carbonyl (C=O) groups excluding carboxylic acids is 1. The van der Waals surface area contributed by atoms with Gasteiger partial charge in [0.05, 0.1) is 24.6 Å². The SMILES string of the molecule is CC(C)(C)OC(=O)N1CC2COCC(C1)C2Oc1nccc(Nc2ccc(-c3ncon3)cc2F)c1F. The quantitative estimate of drug-likeness (QED) is 0.528. The van der Waals surface area contributed by atoms with Crippen molar-refractivity contribution in [2.45, 2.75) is 32.5 Å². The highest BCUT2D eigenvalue weighted by Gasteiger charge is 2.44. The third-order valence-electron chi connectivity index (χ3n) is 6.12. The lowest BCUT2D eigenvalue weighted by Crippen LogP contribution is -2.59. The number of hydrogen-bond donors (Lipinski definition) is 1. The van der Waals surface area contributed by atoms with Crippen LogP contribution in [0.4, 0.5) is 25.0 Å². The Morgan fingerprint density at radius 1 is 1.11 bits per heavy atom. The van der Waals surface area contributed by atoms with Gasteiger partial charge in [-0.2, -0.15) is 9.37 Å². The molecule has 2 fully saturated rings. The summed E-state index contributed by atoms with van der Waals surface area (Å²) in [6.45, 7) is 6.87. The van der Waals surface area contributed by atoms with Gasteiger partial charge >= 0.3 is 6.09 Å². The molecule has 196 valence electrons. The van der Waals surface area contributed by atoms with E-state index in [0.717, 1.165) is 6.39 Å². The highest BCUT2D eigenvalue weighted by molar-refractivity contribution is 5.68. The number of piperidine rings is 1. The molecule has 10 nitrogen and oxygen atoms in total. The minimum atomic E-state index is -0.752. The van der Waals surface area contributed by atoms with Gasteiger partial charge in [-0.05, 0) is 45.0 Å². The monoisotopic (exact) mass is 515 g/mol. The van der Waals surface area contributed by atoms with E-state index in [9.17, 15) is 9.18 Å². The van der Waals surface area contributed by atoms with E-state index in [1.807, 2.05) is 20.8 Å². The second kappa shape index (κ2) is 9.92. The number of likely N-dealkylation sites (tertiary alicyclic amines) is 1. The summed E-state index contributed by atoms with van der Waals surface area (Å²) in [5, 5.41) is 6.44. The van der Waals surface area contributed by atoms with Crippen LogP contribution in [-0.4, -0.2) is 64.1 Å². The van der Waals surface area contributed by atoms with Gasteiger partial charge < -0.3 is 29.0 Å². The molecule has 0 aliphatic carbocycles. The van der Waals surface area contributed by atoms with E-state index in [1.54, 1.807) is 11.0 Å². The topological polar surface area (TPSA) is 112 Å². The number of carbonyl (C=O) groups is 1. The van der Waals surface area contributed by atoms with Gasteiger partial charge in [0.1, 0.15) is 17.5 Å². The maximum atomic E-state index is 15.4. The lowest BCUT2D eigenvalue weighted by Gasteiger charge is -2.46. The molecule has 2 saturated heterocycles. The number of aromatic nitrogens is 3. The normalized spacial score (nSPS) is 21.4. The van der Waals surface area contributed by atoms with E-state index < -0.39 is 29.4 Å². The smallest absolute Gasteiger partial charge is 0.410 e. The molecule has 1 N–H and O–H groups in total. The number of fused-ring (bicyclic) bond motifs is 2. The minimum absolute atomic E-state index is 0.00353. The summed E-state index contributed by atoms with van der Waals surface area (Å²) in [5.41, 5.74) is -0.130. The molecule has 2 aromatic heterocycles. The molecule has 2 aliphatic heterocycles. The summed E-state index contributed by atoms with van der Waals surface area (Å²) >= 11 is 0. The molecule has 2 atom stereocenters. The van der Waals surface area contributed by atoms with Crippen molar-refractivity contribution in [2.24, 2.45) is 11.8 Å². The van der Waals surface area contributed by atoms with Crippen LogP contribution in [-0.2, 0) is 9.47 Å². The van der Waals surface area contributed by atoms with E-state index in [-0.39, 0.29) is 34.9 Å². The van der Waals surface area contributed by atoms with Gasteiger partial charge in [-0.1, -0.05) is 5.16 Å². The van der Waals surface area contributed by atoms with Crippen molar-refractivity contribution in [1.82, 2.24) is 20.0 Å². The molecule has 1 amide bonds. The number of hydrogen-bond acceptors (Lipinski definition) is 9. The van der Waals surface area contributed by atoms with Gasteiger partial charge in [0.15, 0.2) is 0 Å². The molecule has 2 aliphatic rings. The van der Waals surface area contributed by atoms with Crippen LogP contribution in [0.1, 0.15) is 20.8 Å². The molecule has 2 bridgehead atoms. The van der Waals surface area contributed by atoms with Crippen molar-refractivity contribution >= 4 is 17.5 Å². The average Bonchev–Trinajstić information content (AvgIpc) is 3.36. The number of halogens is 2. The Kier molecular flexibility index (Phi) is 6.67. The fourth-order valence-electron chi connectivity index (χ4n) is 4.50. The summed E-state index contributed by atoms with van der Waals surface area (Å²) in [6, 6.07) is 5.66. The summed E-state index contributed by atoms with van der Waals surface area (Å²) in [5.74, 6) is -1.72. The molecule has 37 heavy (non-hydrogen) atoms. The Morgan fingerprint density at radius 2 is 1.86 bits per heavy atom. The number of benzene rings is 1. The Hall–Kier alpha value is -3.80. The van der Waals surface area contributed by atoms with Crippen LogP contribution in [0.3, 0.4) is 0 Å². The van der Waals surface area contributed by atoms with Crippen LogP contribution < -0.4 is 10.1 Å². The van der Waals surface area contributed by atoms with Gasteiger partial charge in [-0.3, -0.25) is 0 Å². The Balaban J connectivity index is 1.30. The van der Waals surface area contributed by atoms with Crippen molar-refractivity contribution < 1.29 is 32.3 Å². The van der Waals surface area contributed by atoms with Crippen LogP contribution in [0, 0.1) is 23.5 Å². The van der Waals surface area contributed by atoms with Crippen LogP contribution in [0.25, 0.3) is 11.4 Å². The van der Waals surface area contributed by atoms with Gasteiger partial charge in [0.2, 0.25) is 18.0 Å². The number of rotatable bonds is 5. The van der Waals surface area contributed by atoms with Gasteiger partial charge in [0, 0.05) is 36.7 Å². The molecule has 2 unspecified atom stereocenters. The molecule has 0 radical (unpaired) electrons. The first-order valence-electron chi connectivity index (χ1n) is 11.9. The third-order valence-corrected chi connectivity index (χ3v) is 6.12. The van der Waals surface area contributed by atoms with Crippen LogP contribution in [0.2, 0.25) is 0 Å². The molecule has 12 heteroatoms. The molecule has 5 rings (SSSR count). The second-order valence-electron chi connectivity index (χ2n) is 10.1. The first kappa shape index (κ1) is 24.9. The molecule has 1 aromatic carbocycles. The van der Waals surface area contributed by atoms with Crippen molar-refractivity contribution in [3.63, 3.8) is 0 Å². The molecule has 3 aromatic rings. The van der Waals surface area contributed by atoms with Crippen molar-refractivity contribution in [3.8, 4) is 17.3 Å². The number of nitrogens with zero attached hydrogens (tertiary/aromatic N) is 4. The predicted molar refractivity (Wildman–Crippen MR) is 127 cm³/mol. The van der Waals surface area contributed by atoms with Crippen molar-refractivity contribution in [2.75, 3.05) is 31.6 Å². The molecular formula is C25H27F2N5O5. The number of nitrogens with one attached hydrogen (secondary N) is 1. The van der Waals surface area contributed by atoms with Gasteiger partial charge in [-0.15, -0.1) is 0 Å². The van der Waals surface area contributed by atoms with E-state index in [0.29, 0.717) is 31.9 Å². The zero-order valence-electron chi connectivity index (χ0n) is 20.6. The fraction of sp³-hybridized carbons (Fsp3) is 0.440. The summed E-state index contributed by atoms with van der Waals surface area (Å²) in [6.07, 6.45) is 1.73. The maximum Gasteiger partial charge on any atom is 0.410 e. The maximum absolute atomic E-state index is 15.4. The highest BCUT2D eigenvalue weighted by Crippen LogP contribution is 2.34. The molecular weight excluding hydrogens is 488 g/mol. The molecule has 4 heterocycles. The lowest BCUT2D eigenvalue weighted by atomic mass is 9.84. The van der Waals surface area contributed by atoms with Gasteiger partial charge in [-0.25, -0.2) is 14.2 Å². The molecule has 0 spiro atoms. The Labute approximate surface area is 211 Å². The molecule has 0 saturated carbocycles. The summed E-state index contributed by atoms with van der Waals surface area (Å²) in [7, 11) is 0. The number of amides is 1. The average molecular weight is 516 g/mol. The number of pyridine rings is 1. The zero-order valence-corrected chi connectivity index (χ0v) is 20.6. The zero-order chi connectivity index (χ0) is 26.2. The van der Waals surface area contributed by atoms with Crippen LogP contribution in [0.5, 0.6) is 5.88 Å². The second-order valence-corrected chi connectivity index (χ2v) is 10.1. The summed E-state index contributed by atoms with van der Waals surface area (Å²) in [4.78, 5) is 22.2. The standard InChI is InChI=1S/C25H27F2N5O5/c1-25(2,3)37-24(33)32-9-15-11-34-12-16(10-32)21(15)36-23-20(27)19(6-7-28-23)30-18-5-4-14(8-17(18)26)22-29-13-35-31-22/h4-8,13,15-16,21H,9-12H2,1-3H3,(H,28,30). The Bertz CT molecular complexity index is 1250. The van der Waals surface area contributed by atoms with E-state index in [1.165, 1.54) is 24.4 Å². The lowest BCUT2D eigenvalue weighted by molar-refractivity contribution is -0.114. The number of ether oxygens (including phenoxy) is 3. The minimum Gasteiger partial charge on any atom is -0.471 e. The summed E-state index contributed by atoms with van der Waals surface area (Å²) < 4.78 is 52.0. The van der Waals surface area contributed by atoms with Crippen LogP contribution >= 0.6 is 0 Å². The first-order chi connectivity index (χ1) is 17.7. The van der Waals surface area contributed by atoms with E-state index in [4.69, 9.17) is 14.2 Å². The fourth-order valence-corrected chi connectivity index (χ4v) is 4.50. The highest BCUT2D eigenvalue weighted by atomic mass is 19.1. The van der Waals surface area contributed by atoms with E-state index in [2.05, 4.69) is 25.0 Å². The largest absolute Gasteiger partial charge is 0.471 e. The van der Waals surface area contributed by atoms with Crippen molar-refractivity contribution in [3.05, 3.63) is 48.5 Å². The predicted octanol–water partition coefficient (Wildman–Crippen LogP) is 4.41. The van der Waals surface area contributed by atoms with Crippen molar-refractivity contribution in [1.29, 1.82) is 0 Å². The Morgan fingerprint density at radius 3 is 2.51 bits per heavy atom. The van der Waals surface area contributed by atoms with Crippen LogP contribution in [0.15, 0.2) is 41.4 Å². The first-order valence-corrected chi connectivity index (χ1v) is 11.9.